The highest BCUT2D eigenvalue weighted by Gasteiger charge is 2.27. The van der Waals surface area contributed by atoms with Crippen LogP contribution in [0.25, 0.3) is 5.52 Å². The molecule has 1 aliphatic heterocycles. The minimum absolute atomic E-state index is 0.0276. The molecule has 2 aromatic heterocycles. The molecule has 3 rings (SSSR count). The number of aromatic nitrogens is 3. The van der Waals surface area contributed by atoms with Gasteiger partial charge in [0.1, 0.15) is 5.52 Å². The standard InChI is InChI=1S/C13H16N4O2/c18-12(19)9-10-3-1-2-7-16(10)13-11-4-5-15-17(11)8-6-14-13/h4-6,8,10H,1-3,7,9H2,(H,18,19). The van der Waals surface area contributed by atoms with Crippen LogP contribution >= 0.6 is 0 Å². The van der Waals surface area contributed by atoms with Crippen molar-refractivity contribution in [2.45, 2.75) is 31.7 Å². The second-order valence-electron chi connectivity index (χ2n) is 4.85. The summed E-state index contributed by atoms with van der Waals surface area (Å²) in [6.07, 6.45) is 8.47. The zero-order valence-corrected chi connectivity index (χ0v) is 10.6. The Balaban J connectivity index is 1.97. The number of fused-ring (bicyclic) bond motifs is 1. The lowest BCUT2D eigenvalue weighted by Gasteiger charge is -2.36. The van der Waals surface area contributed by atoms with Crippen molar-refractivity contribution in [2.75, 3.05) is 11.4 Å². The third-order valence-corrected chi connectivity index (χ3v) is 3.61. The van der Waals surface area contributed by atoms with Crippen LogP contribution in [0.1, 0.15) is 25.7 Å². The predicted molar refractivity (Wildman–Crippen MR) is 70.2 cm³/mol. The van der Waals surface area contributed by atoms with Crippen LogP contribution in [0.4, 0.5) is 5.82 Å². The average Bonchev–Trinajstić information content (AvgIpc) is 2.87. The van der Waals surface area contributed by atoms with E-state index in [1.165, 1.54) is 0 Å². The van der Waals surface area contributed by atoms with Crippen LogP contribution in [-0.2, 0) is 4.79 Å². The van der Waals surface area contributed by atoms with Crippen LogP contribution in [0.2, 0.25) is 0 Å². The van der Waals surface area contributed by atoms with Gasteiger partial charge in [0.15, 0.2) is 5.82 Å². The largest absolute Gasteiger partial charge is 0.481 e. The summed E-state index contributed by atoms with van der Waals surface area (Å²) in [4.78, 5) is 17.5. The highest BCUT2D eigenvalue weighted by molar-refractivity contribution is 5.72. The fourth-order valence-corrected chi connectivity index (χ4v) is 2.76. The average molecular weight is 260 g/mol. The van der Waals surface area contributed by atoms with Crippen molar-refractivity contribution >= 4 is 17.3 Å². The Morgan fingerprint density at radius 1 is 1.42 bits per heavy atom. The molecule has 1 fully saturated rings. The normalized spacial score (nSPS) is 19.8. The van der Waals surface area contributed by atoms with Gasteiger partial charge in [-0.3, -0.25) is 4.79 Å². The van der Waals surface area contributed by atoms with E-state index in [0.29, 0.717) is 0 Å². The van der Waals surface area contributed by atoms with Crippen LogP contribution in [0.15, 0.2) is 24.7 Å². The quantitative estimate of drug-likeness (QED) is 0.906. The van der Waals surface area contributed by atoms with E-state index < -0.39 is 5.97 Å². The Labute approximate surface area is 110 Å². The fourth-order valence-electron chi connectivity index (χ4n) is 2.76. The van der Waals surface area contributed by atoms with Crippen LogP contribution in [-0.4, -0.2) is 38.3 Å². The van der Waals surface area contributed by atoms with E-state index in [1.54, 1.807) is 23.1 Å². The number of carboxylic acids is 1. The Hall–Kier alpha value is -2.11. The van der Waals surface area contributed by atoms with E-state index in [9.17, 15) is 4.79 Å². The van der Waals surface area contributed by atoms with Crippen LogP contribution in [0, 0.1) is 0 Å². The molecule has 19 heavy (non-hydrogen) atoms. The molecule has 1 atom stereocenters. The molecule has 0 radical (unpaired) electrons. The Morgan fingerprint density at radius 2 is 2.32 bits per heavy atom. The zero-order valence-electron chi connectivity index (χ0n) is 10.6. The molecular formula is C13H16N4O2. The SMILES string of the molecule is O=C(O)CC1CCCCN1c1nccn2nccc12. The lowest BCUT2D eigenvalue weighted by molar-refractivity contribution is -0.137. The number of piperidine rings is 1. The van der Waals surface area contributed by atoms with Gasteiger partial charge in [-0.2, -0.15) is 5.10 Å². The first-order valence-electron chi connectivity index (χ1n) is 6.52. The summed E-state index contributed by atoms with van der Waals surface area (Å²) in [6, 6.07) is 1.94. The van der Waals surface area contributed by atoms with E-state index in [0.717, 1.165) is 37.1 Å². The second kappa shape index (κ2) is 4.87. The number of rotatable bonds is 3. The first kappa shape index (κ1) is 12.0. The van der Waals surface area contributed by atoms with Crippen molar-refractivity contribution in [3.8, 4) is 0 Å². The maximum absolute atomic E-state index is 11.0. The highest BCUT2D eigenvalue weighted by atomic mass is 16.4. The number of nitrogens with zero attached hydrogens (tertiary/aromatic N) is 4. The van der Waals surface area contributed by atoms with Gasteiger partial charge in [0, 0.05) is 25.0 Å². The first-order valence-corrected chi connectivity index (χ1v) is 6.52. The van der Waals surface area contributed by atoms with Crippen molar-refractivity contribution in [3.63, 3.8) is 0 Å². The van der Waals surface area contributed by atoms with Gasteiger partial charge in [0.05, 0.1) is 12.6 Å². The first-order chi connectivity index (χ1) is 9.25. The summed E-state index contributed by atoms with van der Waals surface area (Å²) < 4.78 is 1.77. The molecule has 1 saturated heterocycles. The van der Waals surface area contributed by atoms with E-state index in [4.69, 9.17) is 5.11 Å². The van der Waals surface area contributed by atoms with Crippen LogP contribution in [0.3, 0.4) is 0 Å². The van der Waals surface area contributed by atoms with Gasteiger partial charge in [0.25, 0.3) is 0 Å². The summed E-state index contributed by atoms with van der Waals surface area (Å²) in [5.41, 5.74) is 0.930. The molecule has 1 N–H and O–H groups in total. The van der Waals surface area contributed by atoms with E-state index in [2.05, 4.69) is 15.0 Å². The van der Waals surface area contributed by atoms with Gasteiger partial charge < -0.3 is 10.0 Å². The number of carbonyl (C=O) groups is 1. The third-order valence-electron chi connectivity index (χ3n) is 3.61. The van der Waals surface area contributed by atoms with Gasteiger partial charge in [-0.05, 0) is 25.3 Å². The van der Waals surface area contributed by atoms with Crippen molar-refractivity contribution in [1.29, 1.82) is 0 Å². The van der Waals surface area contributed by atoms with Gasteiger partial charge in [-0.15, -0.1) is 0 Å². The summed E-state index contributed by atoms with van der Waals surface area (Å²) in [5, 5.41) is 13.2. The third kappa shape index (κ3) is 2.25. The summed E-state index contributed by atoms with van der Waals surface area (Å²) in [5.74, 6) is 0.0864. The molecule has 2 aromatic rings. The summed E-state index contributed by atoms with van der Waals surface area (Å²) in [6.45, 7) is 0.857. The summed E-state index contributed by atoms with van der Waals surface area (Å²) >= 11 is 0. The van der Waals surface area contributed by atoms with E-state index >= 15 is 0 Å². The molecular weight excluding hydrogens is 244 g/mol. The number of anilines is 1. The van der Waals surface area contributed by atoms with E-state index in [-0.39, 0.29) is 12.5 Å². The van der Waals surface area contributed by atoms with Crippen molar-refractivity contribution in [3.05, 3.63) is 24.7 Å². The maximum atomic E-state index is 11.0. The lowest BCUT2D eigenvalue weighted by Crippen LogP contribution is -2.41. The molecule has 0 bridgehead atoms. The van der Waals surface area contributed by atoms with Crippen molar-refractivity contribution in [2.24, 2.45) is 0 Å². The second-order valence-corrected chi connectivity index (χ2v) is 4.85. The molecule has 3 heterocycles. The Morgan fingerprint density at radius 3 is 3.16 bits per heavy atom. The minimum atomic E-state index is -0.752. The zero-order chi connectivity index (χ0) is 13.2. The molecule has 0 aliphatic carbocycles. The van der Waals surface area contributed by atoms with Gasteiger partial charge in [-0.25, -0.2) is 9.50 Å². The summed E-state index contributed by atoms with van der Waals surface area (Å²) in [7, 11) is 0. The van der Waals surface area contributed by atoms with E-state index in [1.807, 2.05) is 6.07 Å². The molecule has 6 heteroatoms. The molecule has 100 valence electrons. The van der Waals surface area contributed by atoms with Crippen LogP contribution in [0.5, 0.6) is 0 Å². The highest BCUT2D eigenvalue weighted by Crippen LogP contribution is 2.27. The lowest BCUT2D eigenvalue weighted by atomic mass is 9.99. The number of hydrogen-bond acceptors (Lipinski definition) is 4. The van der Waals surface area contributed by atoms with Crippen LogP contribution < -0.4 is 4.90 Å². The topological polar surface area (TPSA) is 70.7 Å². The van der Waals surface area contributed by atoms with Crippen molar-refractivity contribution in [1.82, 2.24) is 14.6 Å². The molecule has 6 nitrogen and oxygen atoms in total. The number of hydrogen-bond donors (Lipinski definition) is 1. The monoisotopic (exact) mass is 260 g/mol. The number of carboxylic acid groups (broad SMARTS) is 1. The van der Waals surface area contributed by atoms with Gasteiger partial charge >= 0.3 is 5.97 Å². The fraction of sp³-hybridized carbons (Fsp3) is 0.462. The molecule has 0 saturated carbocycles. The molecule has 0 amide bonds. The Bertz CT molecular complexity index is 595. The molecule has 1 unspecified atom stereocenters. The minimum Gasteiger partial charge on any atom is -0.481 e. The maximum Gasteiger partial charge on any atom is 0.305 e. The number of aliphatic carboxylic acids is 1. The molecule has 1 aliphatic rings. The van der Waals surface area contributed by atoms with Crippen molar-refractivity contribution < 1.29 is 9.90 Å². The van der Waals surface area contributed by atoms with Gasteiger partial charge in [0.2, 0.25) is 0 Å². The predicted octanol–water partition coefficient (Wildman–Crippen LogP) is 1.56. The Kier molecular flexibility index (Phi) is 3.06. The van der Waals surface area contributed by atoms with Gasteiger partial charge in [-0.1, -0.05) is 0 Å². The molecule has 0 spiro atoms. The smallest absolute Gasteiger partial charge is 0.305 e. The molecule has 0 aromatic carbocycles.